The highest BCUT2D eigenvalue weighted by Gasteiger charge is 2.33. The van der Waals surface area contributed by atoms with Crippen LogP contribution in [0.15, 0.2) is 81.4 Å². The zero-order valence-electron chi connectivity index (χ0n) is 22.0. The van der Waals surface area contributed by atoms with Gasteiger partial charge in [-0.2, -0.15) is 0 Å². The minimum absolute atomic E-state index is 0.0511. The van der Waals surface area contributed by atoms with Gasteiger partial charge in [0.25, 0.3) is 5.91 Å². The minimum atomic E-state index is -3.89. The molecule has 0 radical (unpaired) electrons. The Bertz CT molecular complexity index is 1490. The van der Waals surface area contributed by atoms with Crippen LogP contribution in [-0.2, 0) is 26.2 Å². The molecule has 0 spiro atoms. The zero-order valence-corrected chi connectivity index (χ0v) is 24.5. The number of nitrogens with two attached hydrogens (primary N) is 2. The first-order valence-electron chi connectivity index (χ1n) is 12.3. The van der Waals surface area contributed by atoms with Gasteiger partial charge in [0.15, 0.2) is 0 Å². The first-order valence-corrected chi connectivity index (χ1v) is 16.0. The van der Waals surface area contributed by atoms with Crippen LogP contribution >= 0.6 is 23.5 Å². The van der Waals surface area contributed by atoms with E-state index < -0.39 is 21.6 Å². The molecular weight excluding hydrogens is 553 g/mol. The first-order chi connectivity index (χ1) is 18.4. The van der Waals surface area contributed by atoms with Crippen LogP contribution < -0.4 is 21.1 Å². The molecule has 3 aromatic rings. The van der Waals surface area contributed by atoms with E-state index in [0.29, 0.717) is 16.9 Å². The van der Waals surface area contributed by atoms with Crippen LogP contribution in [0.5, 0.6) is 0 Å². The summed E-state index contributed by atoms with van der Waals surface area (Å²) in [5.74, 6) is -0.0692. The molecule has 1 heterocycles. The van der Waals surface area contributed by atoms with Gasteiger partial charge in [0.2, 0.25) is 15.9 Å². The number of nitrogens with one attached hydrogen (secondary N) is 1. The van der Waals surface area contributed by atoms with Crippen molar-refractivity contribution in [1.82, 2.24) is 5.32 Å². The summed E-state index contributed by atoms with van der Waals surface area (Å²) in [7, 11) is -3.89. The van der Waals surface area contributed by atoms with Gasteiger partial charge in [0.05, 0.1) is 17.1 Å². The molecule has 0 saturated carbocycles. The predicted molar refractivity (Wildman–Crippen MR) is 158 cm³/mol. The molecule has 0 aliphatic carbocycles. The van der Waals surface area contributed by atoms with E-state index in [-0.39, 0.29) is 29.7 Å². The summed E-state index contributed by atoms with van der Waals surface area (Å²) in [5.41, 5.74) is 8.16. The van der Waals surface area contributed by atoms with Crippen LogP contribution in [0.3, 0.4) is 0 Å². The number of primary sulfonamides is 1. The van der Waals surface area contributed by atoms with Gasteiger partial charge in [0.1, 0.15) is 6.04 Å². The lowest BCUT2D eigenvalue weighted by atomic mass is 10.0. The van der Waals surface area contributed by atoms with Crippen molar-refractivity contribution in [2.45, 2.75) is 53.1 Å². The summed E-state index contributed by atoms with van der Waals surface area (Å²) < 4.78 is 24.1. The van der Waals surface area contributed by atoms with Crippen LogP contribution in [0.1, 0.15) is 25.8 Å². The standard InChI is InChI=1S/C28H32N4O4S3/c1-28(2,29)15-26(33)31-22-17-38-24-14-20(37-3)12-13-23(24)32(27(22)34)16-18-8-10-19(11-9-18)21-6-4-5-7-25(21)39(30,35)36/h4-14,22H,15-17,29H2,1-3H3,(H,31,33)(H2,30,35,36)/t22-/m1/s1. The number of sulfonamides is 1. The Hall–Kier alpha value is -2.83. The van der Waals surface area contributed by atoms with Gasteiger partial charge in [-0.15, -0.1) is 23.5 Å². The number of benzene rings is 3. The highest BCUT2D eigenvalue weighted by Crippen LogP contribution is 2.38. The number of carbonyl (C=O) groups excluding carboxylic acids is 2. The lowest BCUT2D eigenvalue weighted by Gasteiger charge is -2.27. The average Bonchev–Trinajstić information content (AvgIpc) is 2.99. The number of hydrogen-bond acceptors (Lipinski definition) is 7. The first kappa shape index (κ1) is 29.2. The number of fused-ring (bicyclic) bond motifs is 1. The topological polar surface area (TPSA) is 136 Å². The summed E-state index contributed by atoms with van der Waals surface area (Å²) in [4.78, 5) is 30.3. The molecule has 0 aromatic heterocycles. The predicted octanol–water partition coefficient (Wildman–Crippen LogP) is 3.97. The number of rotatable bonds is 8. The highest BCUT2D eigenvalue weighted by molar-refractivity contribution is 8.00. The van der Waals surface area contributed by atoms with E-state index in [1.54, 1.807) is 48.7 Å². The fraction of sp³-hybridized carbons (Fsp3) is 0.286. The molecule has 39 heavy (non-hydrogen) atoms. The van der Waals surface area contributed by atoms with Crippen molar-refractivity contribution in [3.05, 3.63) is 72.3 Å². The van der Waals surface area contributed by atoms with E-state index in [4.69, 9.17) is 10.9 Å². The molecule has 206 valence electrons. The van der Waals surface area contributed by atoms with Gasteiger partial charge in [0, 0.05) is 33.1 Å². The number of carbonyl (C=O) groups is 2. The molecule has 2 amide bonds. The molecule has 11 heteroatoms. The van der Waals surface area contributed by atoms with Gasteiger partial charge >= 0.3 is 0 Å². The lowest BCUT2D eigenvalue weighted by molar-refractivity contribution is -0.127. The third-order valence-corrected chi connectivity index (χ3v) is 9.01. The molecule has 0 saturated heterocycles. The van der Waals surface area contributed by atoms with Crippen LogP contribution in [-0.4, -0.2) is 43.8 Å². The molecule has 5 N–H and O–H groups in total. The number of hydrogen-bond donors (Lipinski definition) is 3. The van der Waals surface area contributed by atoms with E-state index >= 15 is 0 Å². The SMILES string of the molecule is CSc1ccc2c(c1)SC[C@@H](NC(=O)CC(C)(C)N)C(=O)N2Cc1ccc(-c2ccccc2S(N)(=O)=O)cc1. The molecule has 1 aliphatic rings. The van der Waals surface area contributed by atoms with E-state index in [2.05, 4.69) is 11.4 Å². The Labute approximate surface area is 238 Å². The van der Waals surface area contributed by atoms with E-state index in [0.717, 1.165) is 21.0 Å². The number of nitrogens with zero attached hydrogens (tertiary/aromatic N) is 1. The number of amides is 2. The Balaban J connectivity index is 1.65. The Kier molecular flexibility index (Phi) is 8.77. The fourth-order valence-corrected chi connectivity index (χ4v) is 6.75. The number of thioether (sulfide) groups is 2. The van der Waals surface area contributed by atoms with E-state index in [1.165, 1.54) is 17.8 Å². The third kappa shape index (κ3) is 7.23. The molecule has 1 aliphatic heterocycles. The average molecular weight is 585 g/mol. The second kappa shape index (κ2) is 11.7. The van der Waals surface area contributed by atoms with Crippen LogP contribution in [0.2, 0.25) is 0 Å². The second-order valence-electron chi connectivity index (χ2n) is 10.1. The molecular formula is C28H32N4O4S3. The van der Waals surface area contributed by atoms with Crippen molar-refractivity contribution in [2.75, 3.05) is 16.9 Å². The quantitative estimate of drug-likeness (QED) is 0.341. The Morgan fingerprint density at radius 1 is 1.13 bits per heavy atom. The van der Waals surface area contributed by atoms with Crippen LogP contribution in [0, 0.1) is 0 Å². The molecule has 4 rings (SSSR count). The van der Waals surface area contributed by atoms with Crippen molar-refractivity contribution in [3.63, 3.8) is 0 Å². The molecule has 8 nitrogen and oxygen atoms in total. The molecule has 0 bridgehead atoms. The minimum Gasteiger partial charge on any atom is -0.343 e. The van der Waals surface area contributed by atoms with Crippen LogP contribution in [0.25, 0.3) is 11.1 Å². The molecule has 1 atom stereocenters. The largest absolute Gasteiger partial charge is 0.343 e. The van der Waals surface area contributed by atoms with Gasteiger partial charge in [-0.25, -0.2) is 13.6 Å². The van der Waals surface area contributed by atoms with Crippen molar-refractivity contribution in [2.24, 2.45) is 10.9 Å². The fourth-order valence-electron chi connectivity index (χ4n) is 4.36. The maximum atomic E-state index is 13.8. The molecule has 0 unspecified atom stereocenters. The van der Waals surface area contributed by atoms with Gasteiger partial charge < -0.3 is 16.0 Å². The molecule has 0 fully saturated rings. The third-order valence-electron chi connectivity index (χ3n) is 6.18. The van der Waals surface area contributed by atoms with Gasteiger partial charge in [-0.1, -0.05) is 42.5 Å². The van der Waals surface area contributed by atoms with E-state index in [9.17, 15) is 18.0 Å². The summed E-state index contributed by atoms with van der Waals surface area (Å²) in [6, 6.07) is 19.2. The number of anilines is 1. The van der Waals surface area contributed by atoms with Crippen molar-refractivity contribution in [3.8, 4) is 11.1 Å². The van der Waals surface area contributed by atoms with Crippen molar-refractivity contribution in [1.29, 1.82) is 0 Å². The Morgan fingerprint density at radius 3 is 2.46 bits per heavy atom. The normalized spacial score (nSPS) is 16.0. The summed E-state index contributed by atoms with van der Waals surface area (Å²) >= 11 is 3.16. The summed E-state index contributed by atoms with van der Waals surface area (Å²) in [6.45, 7) is 3.82. The second-order valence-corrected chi connectivity index (χ2v) is 13.6. The monoisotopic (exact) mass is 584 g/mol. The van der Waals surface area contributed by atoms with Crippen molar-refractivity contribution >= 4 is 51.0 Å². The Morgan fingerprint density at radius 2 is 1.82 bits per heavy atom. The van der Waals surface area contributed by atoms with Crippen molar-refractivity contribution < 1.29 is 18.0 Å². The van der Waals surface area contributed by atoms with Crippen LogP contribution in [0.4, 0.5) is 5.69 Å². The van der Waals surface area contributed by atoms with Gasteiger partial charge in [-0.05, 0) is 55.5 Å². The lowest BCUT2D eigenvalue weighted by Crippen LogP contribution is -2.51. The maximum Gasteiger partial charge on any atom is 0.250 e. The molecule has 3 aromatic carbocycles. The van der Waals surface area contributed by atoms with Gasteiger partial charge in [-0.3, -0.25) is 9.59 Å². The highest BCUT2D eigenvalue weighted by atomic mass is 32.2. The smallest absolute Gasteiger partial charge is 0.250 e. The zero-order chi connectivity index (χ0) is 28.4. The van der Waals surface area contributed by atoms with E-state index in [1.807, 2.05) is 42.7 Å². The maximum absolute atomic E-state index is 13.8. The summed E-state index contributed by atoms with van der Waals surface area (Å²) in [5, 5.41) is 8.30. The summed E-state index contributed by atoms with van der Waals surface area (Å²) in [6.07, 6.45) is 2.10.